The number of carboxylic acid groups (broad SMARTS) is 1. The van der Waals surface area contributed by atoms with Crippen LogP contribution in [0.4, 0.5) is 0 Å². The molecule has 4 saturated heterocycles. The molecule has 8 atom stereocenters. The summed E-state index contributed by atoms with van der Waals surface area (Å²) in [5.74, 6) is -1.82. The van der Waals surface area contributed by atoms with Crippen molar-refractivity contribution in [1.29, 1.82) is 0 Å². The van der Waals surface area contributed by atoms with Gasteiger partial charge in [0.15, 0.2) is 11.9 Å². The smallest absolute Gasteiger partial charge is 0.308 e. The lowest BCUT2D eigenvalue weighted by atomic mass is 9.58. The molecule has 5 aliphatic rings. The van der Waals surface area contributed by atoms with Crippen molar-refractivity contribution >= 4 is 11.9 Å². The molecule has 0 aromatic rings. The lowest BCUT2D eigenvalue weighted by Gasteiger charge is -2.59. The third-order valence-electron chi connectivity index (χ3n) is 6.89. The molecule has 0 radical (unpaired) electrons. The average Bonchev–Trinajstić information content (AvgIpc) is 2.84. The predicted octanol–water partition coefficient (Wildman–Crippen LogP) is 2.60. The Labute approximate surface area is 158 Å². The van der Waals surface area contributed by atoms with Crippen LogP contribution >= 0.6 is 0 Å². The summed E-state index contributed by atoms with van der Waals surface area (Å²) in [5.41, 5.74) is -0.697. The van der Waals surface area contributed by atoms with Crippen LogP contribution < -0.4 is 0 Å². The Kier molecular flexibility index (Phi) is 4.73. The maximum Gasteiger partial charge on any atom is 0.308 e. The SMILES string of the molecule is CC1C(OC(=O)CCC(=O)O)O[C@@H]2O[C@@]3(C)CCC4[C@H](C)CCC1[C@]42OO3. The number of hydrogen-bond acceptors (Lipinski definition) is 7. The lowest BCUT2D eigenvalue weighted by molar-refractivity contribution is -0.576. The van der Waals surface area contributed by atoms with Crippen molar-refractivity contribution in [2.75, 3.05) is 0 Å². The van der Waals surface area contributed by atoms with E-state index in [1.165, 1.54) is 0 Å². The van der Waals surface area contributed by atoms with Crippen molar-refractivity contribution in [2.24, 2.45) is 23.7 Å². The van der Waals surface area contributed by atoms with E-state index in [1.54, 1.807) is 0 Å². The monoisotopic (exact) mass is 384 g/mol. The molecule has 1 N–H and O–H groups in total. The van der Waals surface area contributed by atoms with Crippen molar-refractivity contribution in [3.63, 3.8) is 0 Å². The zero-order valence-corrected chi connectivity index (χ0v) is 16.0. The second-order valence-corrected chi connectivity index (χ2v) is 8.66. The zero-order chi connectivity index (χ0) is 19.4. The van der Waals surface area contributed by atoms with Crippen LogP contribution in [0.25, 0.3) is 0 Å². The van der Waals surface area contributed by atoms with Gasteiger partial charge in [-0.3, -0.25) is 9.59 Å². The molecule has 2 bridgehead atoms. The summed E-state index contributed by atoms with van der Waals surface area (Å²) < 4.78 is 17.8. The molecular weight excluding hydrogens is 356 g/mol. The van der Waals surface area contributed by atoms with Gasteiger partial charge in [0.25, 0.3) is 0 Å². The third kappa shape index (κ3) is 3.06. The van der Waals surface area contributed by atoms with E-state index in [9.17, 15) is 9.59 Å². The number of rotatable bonds is 4. The van der Waals surface area contributed by atoms with Gasteiger partial charge in [-0.05, 0) is 38.0 Å². The first-order valence-corrected chi connectivity index (χ1v) is 9.86. The number of ether oxygens (including phenoxy) is 3. The van der Waals surface area contributed by atoms with Crippen molar-refractivity contribution in [1.82, 2.24) is 0 Å². The minimum Gasteiger partial charge on any atom is -0.481 e. The zero-order valence-electron chi connectivity index (χ0n) is 16.0. The van der Waals surface area contributed by atoms with E-state index in [0.29, 0.717) is 12.3 Å². The van der Waals surface area contributed by atoms with Gasteiger partial charge in [0.2, 0.25) is 12.1 Å². The Morgan fingerprint density at radius 2 is 1.89 bits per heavy atom. The maximum atomic E-state index is 12.1. The molecule has 5 rings (SSSR count). The van der Waals surface area contributed by atoms with E-state index in [-0.39, 0.29) is 30.6 Å². The van der Waals surface area contributed by atoms with Crippen molar-refractivity contribution in [3.05, 3.63) is 0 Å². The summed E-state index contributed by atoms with van der Waals surface area (Å²) in [7, 11) is 0. The summed E-state index contributed by atoms with van der Waals surface area (Å²) in [4.78, 5) is 34.5. The van der Waals surface area contributed by atoms with E-state index < -0.39 is 35.9 Å². The summed E-state index contributed by atoms with van der Waals surface area (Å²) in [5, 5.41) is 8.76. The minimum atomic E-state index is -1.03. The Morgan fingerprint density at radius 1 is 1.11 bits per heavy atom. The van der Waals surface area contributed by atoms with Gasteiger partial charge >= 0.3 is 11.9 Å². The topological polar surface area (TPSA) is 101 Å². The largest absolute Gasteiger partial charge is 0.481 e. The van der Waals surface area contributed by atoms with E-state index in [1.807, 2.05) is 13.8 Å². The van der Waals surface area contributed by atoms with Gasteiger partial charge in [-0.15, -0.1) is 0 Å². The molecule has 1 aliphatic carbocycles. The molecule has 8 heteroatoms. The van der Waals surface area contributed by atoms with Crippen LogP contribution in [0.3, 0.4) is 0 Å². The second kappa shape index (κ2) is 6.69. The number of carbonyl (C=O) groups excluding carboxylic acids is 1. The highest BCUT2D eigenvalue weighted by molar-refractivity contribution is 5.76. The highest BCUT2D eigenvalue weighted by Gasteiger charge is 2.69. The Hall–Kier alpha value is -1.22. The van der Waals surface area contributed by atoms with Crippen molar-refractivity contribution in [3.8, 4) is 0 Å². The second-order valence-electron chi connectivity index (χ2n) is 8.66. The van der Waals surface area contributed by atoms with Gasteiger partial charge in [-0.2, -0.15) is 0 Å². The van der Waals surface area contributed by atoms with Crippen LogP contribution in [0.1, 0.15) is 59.3 Å². The van der Waals surface area contributed by atoms with Gasteiger partial charge in [-0.25, -0.2) is 9.78 Å². The number of aliphatic carboxylic acids is 1. The number of carboxylic acids is 1. The molecule has 1 spiro atoms. The Bertz CT molecular complexity index is 623. The fraction of sp³-hybridized carbons (Fsp3) is 0.895. The van der Waals surface area contributed by atoms with E-state index >= 15 is 0 Å². The highest BCUT2D eigenvalue weighted by Crippen LogP contribution is 2.60. The minimum absolute atomic E-state index is 0.0670. The summed E-state index contributed by atoms with van der Waals surface area (Å²) >= 11 is 0. The molecule has 152 valence electrons. The van der Waals surface area contributed by atoms with E-state index in [0.717, 1.165) is 19.3 Å². The molecule has 8 nitrogen and oxygen atoms in total. The first kappa shape index (κ1) is 19.1. The molecule has 0 aromatic carbocycles. The van der Waals surface area contributed by atoms with Crippen molar-refractivity contribution in [2.45, 2.75) is 83.3 Å². The number of fused-ring (bicyclic) bond motifs is 2. The molecular formula is C19H28O8. The quantitative estimate of drug-likeness (QED) is 0.583. The Balaban J connectivity index is 1.58. The van der Waals surface area contributed by atoms with Gasteiger partial charge in [0, 0.05) is 18.3 Å². The van der Waals surface area contributed by atoms with Crippen molar-refractivity contribution < 1.29 is 38.7 Å². The van der Waals surface area contributed by atoms with Gasteiger partial charge in [0.05, 0.1) is 12.8 Å². The molecule has 0 aromatic heterocycles. The number of esters is 1. The first-order chi connectivity index (χ1) is 12.7. The molecule has 4 heterocycles. The fourth-order valence-corrected chi connectivity index (χ4v) is 5.40. The standard InChI is InChI=1S/C19H28O8/c1-10-4-5-13-11(2)16(23-15(22)7-6-14(20)21)24-17-19(13)12(10)8-9-18(3,25-17)26-27-19/h10-13,16-17H,4-9H2,1-3H3,(H,20,21)/t10-,11?,12?,13?,16?,17-,18-,19-/m1/s1. The predicted molar refractivity (Wildman–Crippen MR) is 89.8 cm³/mol. The summed E-state index contributed by atoms with van der Waals surface area (Å²) in [6, 6.07) is 0. The summed E-state index contributed by atoms with van der Waals surface area (Å²) in [6.45, 7) is 6.06. The van der Waals surface area contributed by atoms with E-state index in [2.05, 4.69) is 6.92 Å². The fourth-order valence-electron chi connectivity index (χ4n) is 5.40. The van der Waals surface area contributed by atoms with Crippen LogP contribution in [0.15, 0.2) is 0 Å². The average molecular weight is 384 g/mol. The molecule has 5 fully saturated rings. The summed E-state index contributed by atoms with van der Waals surface area (Å²) in [6.07, 6.45) is 1.72. The van der Waals surface area contributed by atoms with Crippen LogP contribution in [-0.2, 0) is 33.6 Å². The Morgan fingerprint density at radius 3 is 2.63 bits per heavy atom. The molecule has 0 amide bonds. The first-order valence-electron chi connectivity index (χ1n) is 9.86. The molecule has 4 aliphatic heterocycles. The number of hydrogen-bond donors (Lipinski definition) is 1. The van der Waals surface area contributed by atoms with Crippen LogP contribution in [0.5, 0.6) is 0 Å². The highest BCUT2D eigenvalue weighted by atomic mass is 17.3. The normalized spacial score (nSPS) is 48.4. The van der Waals surface area contributed by atoms with Crippen LogP contribution in [0, 0.1) is 23.7 Å². The maximum absolute atomic E-state index is 12.1. The van der Waals surface area contributed by atoms with Crippen LogP contribution in [-0.4, -0.2) is 41.0 Å². The van der Waals surface area contributed by atoms with Gasteiger partial charge < -0.3 is 19.3 Å². The third-order valence-corrected chi connectivity index (χ3v) is 6.89. The van der Waals surface area contributed by atoms with Gasteiger partial charge in [-0.1, -0.05) is 13.8 Å². The van der Waals surface area contributed by atoms with E-state index in [4.69, 9.17) is 29.1 Å². The molecule has 4 unspecified atom stereocenters. The lowest BCUT2D eigenvalue weighted by Crippen LogP contribution is -2.70. The van der Waals surface area contributed by atoms with Crippen LogP contribution in [0.2, 0.25) is 0 Å². The molecule has 27 heavy (non-hydrogen) atoms. The molecule has 1 saturated carbocycles. The number of carbonyl (C=O) groups is 2. The van der Waals surface area contributed by atoms with Gasteiger partial charge in [0.1, 0.15) is 0 Å².